The van der Waals surface area contributed by atoms with Gasteiger partial charge in [0.15, 0.2) is 0 Å². The highest BCUT2D eigenvalue weighted by atomic mass is 16.6. The molecule has 0 radical (unpaired) electrons. The van der Waals surface area contributed by atoms with Gasteiger partial charge in [0.05, 0.1) is 10.6 Å². The molecule has 3 aromatic rings. The molecule has 0 saturated carbocycles. The van der Waals surface area contributed by atoms with Gasteiger partial charge in [-0.05, 0) is 65.7 Å². The van der Waals surface area contributed by atoms with Crippen molar-refractivity contribution in [1.82, 2.24) is 5.32 Å². The van der Waals surface area contributed by atoms with Gasteiger partial charge < -0.3 is 9.84 Å². The lowest BCUT2D eigenvalue weighted by atomic mass is 10.1. The van der Waals surface area contributed by atoms with E-state index in [1.807, 2.05) is 0 Å². The Balaban J connectivity index is 1.53. The molecule has 1 heterocycles. The SMILES string of the molecule is O=C1NC(=O)N(c2ccc(O)cc2)C(=O)/C1=C/c1cccc(OCc2ccc([N+](=O)[O-])cc2)c1. The van der Waals surface area contributed by atoms with Gasteiger partial charge in [-0.25, -0.2) is 9.69 Å². The van der Waals surface area contributed by atoms with Gasteiger partial charge in [0.25, 0.3) is 17.5 Å². The summed E-state index contributed by atoms with van der Waals surface area (Å²) in [5.74, 6) is -1.23. The van der Waals surface area contributed by atoms with E-state index >= 15 is 0 Å². The van der Waals surface area contributed by atoms with Gasteiger partial charge in [-0.2, -0.15) is 0 Å². The molecule has 34 heavy (non-hydrogen) atoms. The van der Waals surface area contributed by atoms with Crippen molar-refractivity contribution < 1.29 is 29.2 Å². The summed E-state index contributed by atoms with van der Waals surface area (Å²) >= 11 is 0. The number of nitro groups is 1. The molecule has 0 aromatic heterocycles. The second-order valence-electron chi connectivity index (χ2n) is 7.26. The summed E-state index contributed by atoms with van der Waals surface area (Å²) in [6, 6.07) is 17.1. The number of rotatable bonds is 6. The third-order valence-corrected chi connectivity index (χ3v) is 4.93. The molecule has 0 atom stereocenters. The van der Waals surface area contributed by atoms with E-state index in [9.17, 15) is 29.6 Å². The summed E-state index contributed by atoms with van der Waals surface area (Å²) in [4.78, 5) is 48.6. The Kier molecular flexibility index (Phi) is 6.04. The molecule has 0 spiro atoms. The maximum absolute atomic E-state index is 12.9. The van der Waals surface area contributed by atoms with E-state index < -0.39 is 22.8 Å². The topological polar surface area (TPSA) is 139 Å². The van der Waals surface area contributed by atoms with Crippen LogP contribution < -0.4 is 15.0 Å². The zero-order valence-corrected chi connectivity index (χ0v) is 17.5. The van der Waals surface area contributed by atoms with Crippen LogP contribution in [0.5, 0.6) is 11.5 Å². The molecule has 4 rings (SSSR count). The summed E-state index contributed by atoms with van der Waals surface area (Å²) in [6.45, 7) is 0.153. The van der Waals surface area contributed by atoms with Crippen molar-refractivity contribution in [1.29, 1.82) is 0 Å². The fourth-order valence-corrected chi connectivity index (χ4v) is 3.23. The van der Waals surface area contributed by atoms with E-state index in [1.165, 1.54) is 42.5 Å². The van der Waals surface area contributed by atoms with Crippen molar-refractivity contribution in [2.45, 2.75) is 6.61 Å². The van der Waals surface area contributed by atoms with Crippen LogP contribution in [-0.4, -0.2) is 27.9 Å². The van der Waals surface area contributed by atoms with Crippen LogP contribution in [0.4, 0.5) is 16.2 Å². The molecule has 1 aliphatic rings. The Hall–Kier alpha value is -4.99. The predicted octanol–water partition coefficient (Wildman–Crippen LogP) is 3.55. The van der Waals surface area contributed by atoms with Gasteiger partial charge in [0.2, 0.25) is 0 Å². The Labute approximate surface area is 192 Å². The third kappa shape index (κ3) is 4.75. The molecule has 0 aliphatic carbocycles. The van der Waals surface area contributed by atoms with E-state index in [0.29, 0.717) is 11.3 Å². The number of carbonyl (C=O) groups is 3. The first-order valence-electron chi connectivity index (χ1n) is 9.98. The molecule has 1 saturated heterocycles. The number of hydrogen-bond donors (Lipinski definition) is 2. The molecule has 4 amide bonds. The Morgan fingerprint density at radius 3 is 2.38 bits per heavy atom. The van der Waals surface area contributed by atoms with Crippen molar-refractivity contribution in [2.24, 2.45) is 0 Å². The van der Waals surface area contributed by atoms with E-state index in [2.05, 4.69) is 5.32 Å². The number of phenols is 1. The molecule has 10 heteroatoms. The average molecular weight is 459 g/mol. The number of nitrogens with zero attached hydrogens (tertiary/aromatic N) is 2. The first-order chi connectivity index (χ1) is 16.3. The Bertz CT molecular complexity index is 1320. The lowest BCUT2D eigenvalue weighted by Crippen LogP contribution is -2.54. The number of hydrogen-bond acceptors (Lipinski definition) is 7. The van der Waals surface area contributed by atoms with E-state index in [0.717, 1.165) is 10.5 Å². The zero-order valence-electron chi connectivity index (χ0n) is 17.5. The van der Waals surface area contributed by atoms with Crippen LogP contribution in [0.3, 0.4) is 0 Å². The highest BCUT2D eigenvalue weighted by Crippen LogP contribution is 2.25. The van der Waals surface area contributed by atoms with Gasteiger partial charge in [0.1, 0.15) is 23.7 Å². The molecule has 10 nitrogen and oxygen atoms in total. The number of phenolic OH excluding ortho intramolecular Hbond substituents is 1. The number of ether oxygens (including phenoxy) is 1. The number of amides is 4. The summed E-state index contributed by atoms with van der Waals surface area (Å²) in [5, 5.41) is 22.3. The second kappa shape index (κ2) is 9.25. The van der Waals surface area contributed by atoms with Gasteiger partial charge in [0, 0.05) is 12.1 Å². The smallest absolute Gasteiger partial charge is 0.335 e. The molecule has 0 unspecified atom stereocenters. The first-order valence-corrected chi connectivity index (χ1v) is 9.98. The highest BCUT2D eigenvalue weighted by molar-refractivity contribution is 6.39. The second-order valence-corrected chi connectivity index (χ2v) is 7.26. The van der Waals surface area contributed by atoms with Gasteiger partial charge in [-0.1, -0.05) is 12.1 Å². The largest absolute Gasteiger partial charge is 0.508 e. The monoisotopic (exact) mass is 459 g/mol. The molecule has 3 aromatic carbocycles. The van der Waals surface area contributed by atoms with Crippen LogP contribution in [0.2, 0.25) is 0 Å². The molecule has 0 bridgehead atoms. The van der Waals surface area contributed by atoms with Crippen molar-refractivity contribution in [3.63, 3.8) is 0 Å². The lowest BCUT2D eigenvalue weighted by Gasteiger charge is -2.26. The minimum absolute atomic E-state index is 0.0207. The van der Waals surface area contributed by atoms with E-state index in [-0.39, 0.29) is 29.3 Å². The summed E-state index contributed by atoms with van der Waals surface area (Å²) in [6.07, 6.45) is 1.34. The minimum atomic E-state index is -0.891. The number of urea groups is 1. The number of carbonyl (C=O) groups excluding carboxylic acids is 3. The molecular weight excluding hydrogens is 442 g/mol. The zero-order chi connectivity index (χ0) is 24.2. The molecule has 2 N–H and O–H groups in total. The van der Waals surface area contributed by atoms with Crippen LogP contribution in [0.15, 0.2) is 78.4 Å². The van der Waals surface area contributed by atoms with Crippen molar-refractivity contribution in [3.8, 4) is 11.5 Å². The van der Waals surface area contributed by atoms with Crippen molar-refractivity contribution >= 4 is 35.3 Å². The predicted molar refractivity (Wildman–Crippen MR) is 121 cm³/mol. The van der Waals surface area contributed by atoms with Gasteiger partial charge >= 0.3 is 6.03 Å². The highest BCUT2D eigenvalue weighted by Gasteiger charge is 2.36. The first kappa shape index (κ1) is 22.2. The summed E-state index contributed by atoms with van der Waals surface area (Å²) in [7, 11) is 0. The molecular formula is C24H17N3O7. The maximum Gasteiger partial charge on any atom is 0.335 e. The minimum Gasteiger partial charge on any atom is -0.508 e. The van der Waals surface area contributed by atoms with Crippen LogP contribution in [-0.2, 0) is 16.2 Å². The normalized spacial score (nSPS) is 14.8. The van der Waals surface area contributed by atoms with E-state index in [4.69, 9.17) is 4.74 Å². The summed E-state index contributed by atoms with van der Waals surface area (Å²) < 4.78 is 5.72. The van der Waals surface area contributed by atoms with Gasteiger partial charge in [-0.3, -0.25) is 25.0 Å². The standard InChI is InChI=1S/C24H17N3O7/c28-19-10-8-17(9-11-19)26-23(30)21(22(29)25-24(26)31)13-16-2-1-3-20(12-16)34-14-15-4-6-18(7-5-15)27(32)33/h1-13,28H,14H2,(H,25,29,31)/b21-13+. The van der Waals surface area contributed by atoms with E-state index in [1.54, 1.807) is 36.4 Å². The number of aromatic hydroxyl groups is 1. The average Bonchev–Trinajstić information content (AvgIpc) is 2.82. The summed E-state index contributed by atoms with van der Waals surface area (Å²) in [5.41, 5.74) is 1.13. The maximum atomic E-state index is 12.9. The Morgan fingerprint density at radius 2 is 1.71 bits per heavy atom. The van der Waals surface area contributed by atoms with Crippen molar-refractivity contribution in [2.75, 3.05) is 4.90 Å². The lowest BCUT2D eigenvalue weighted by molar-refractivity contribution is -0.384. The number of non-ortho nitro benzene ring substituents is 1. The number of nitro benzene ring substituents is 1. The molecule has 170 valence electrons. The van der Waals surface area contributed by atoms with Crippen LogP contribution >= 0.6 is 0 Å². The van der Waals surface area contributed by atoms with Gasteiger partial charge in [-0.15, -0.1) is 0 Å². The fourth-order valence-electron chi connectivity index (χ4n) is 3.23. The van der Waals surface area contributed by atoms with Crippen molar-refractivity contribution in [3.05, 3.63) is 99.6 Å². The molecule has 1 aliphatic heterocycles. The molecule has 1 fully saturated rings. The Morgan fingerprint density at radius 1 is 1.00 bits per heavy atom. The fraction of sp³-hybridized carbons (Fsp3) is 0.0417. The number of anilines is 1. The number of imide groups is 2. The third-order valence-electron chi connectivity index (χ3n) is 4.93. The number of barbiturate groups is 1. The van der Waals surface area contributed by atoms with Crippen LogP contribution in [0, 0.1) is 10.1 Å². The number of nitrogens with one attached hydrogen (secondary N) is 1. The van der Waals surface area contributed by atoms with Crippen LogP contribution in [0.25, 0.3) is 6.08 Å². The van der Waals surface area contributed by atoms with Crippen LogP contribution in [0.1, 0.15) is 11.1 Å². The number of benzene rings is 3. The quantitative estimate of drug-likeness (QED) is 0.249.